The van der Waals surface area contributed by atoms with Gasteiger partial charge in [0.1, 0.15) is 28.9 Å². The van der Waals surface area contributed by atoms with Gasteiger partial charge in [-0.3, -0.25) is 4.79 Å². The number of carbonyl (C=O) groups excluding carboxylic acids is 1. The Balaban J connectivity index is 2.89. The number of halogens is 3. The molecule has 19 heavy (non-hydrogen) atoms. The van der Waals surface area contributed by atoms with Gasteiger partial charge in [0.25, 0.3) is 5.91 Å². The molecule has 0 atom stereocenters. The van der Waals surface area contributed by atoms with Crippen LogP contribution in [0.3, 0.4) is 0 Å². The second-order valence-electron chi connectivity index (χ2n) is 3.81. The average Bonchev–Trinajstić information content (AvgIpc) is 2.33. The van der Waals surface area contributed by atoms with Gasteiger partial charge >= 0.3 is 0 Å². The fourth-order valence-electron chi connectivity index (χ4n) is 1.37. The molecule has 0 aliphatic rings. The number of amidine groups is 1. The largest absolute Gasteiger partial charge is 0.409 e. The minimum absolute atomic E-state index is 0.00895. The van der Waals surface area contributed by atoms with Crippen LogP contribution in [-0.4, -0.2) is 35.4 Å². The lowest BCUT2D eigenvalue weighted by Crippen LogP contribution is -2.31. The first-order valence-electron chi connectivity index (χ1n) is 5.23. The van der Waals surface area contributed by atoms with Crippen LogP contribution in [0.25, 0.3) is 0 Å². The molecule has 0 radical (unpaired) electrons. The lowest BCUT2D eigenvalue weighted by molar-refractivity contribution is 0.0788. The van der Waals surface area contributed by atoms with Gasteiger partial charge in [0.15, 0.2) is 0 Å². The van der Waals surface area contributed by atoms with Crippen molar-refractivity contribution < 1.29 is 23.2 Å². The van der Waals surface area contributed by atoms with E-state index in [9.17, 15) is 18.0 Å². The monoisotopic (exact) mass is 275 g/mol. The highest BCUT2D eigenvalue weighted by Crippen LogP contribution is 2.16. The highest BCUT2D eigenvalue weighted by molar-refractivity contribution is 5.95. The Morgan fingerprint density at radius 2 is 1.89 bits per heavy atom. The smallest absolute Gasteiger partial charge is 0.259 e. The number of amides is 1. The van der Waals surface area contributed by atoms with E-state index >= 15 is 0 Å². The summed E-state index contributed by atoms with van der Waals surface area (Å²) >= 11 is 0. The van der Waals surface area contributed by atoms with E-state index in [1.165, 1.54) is 7.05 Å². The molecule has 1 aromatic rings. The first-order valence-corrected chi connectivity index (χ1v) is 5.23. The third-order valence-electron chi connectivity index (χ3n) is 2.40. The van der Waals surface area contributed by atoms with E-state index < -0.39 is 28.9 Å². The summed E-state index contributed by atoms with van der Waals surface area (Å²) in [5.74, 6) is -4.75. The Morgan fingerprint density at radius 3 is 2.37 bits per heavy atom. The van der Waals surface area contributed by atoms with Crippen molar-refractivity contribution >= 4 is 11.7 Å². The van der Waals surface area contributed by atoms with Crippen molar-refractivity contribution in [3.05, 3.63) is 35.1 Å². The molecule has 0 fully saturated rings. The highest BCUT2D eigenvalue weighted by atomic mass is 19.1. The van der Waals surface area contributed by atoms with Gasteiger partial charge in [0.2, 0.25) is 0 Å². The summed E-state index contributed by atoms with van der Waals surface area (Å²) < 4.78 is 39.4. The van der Waals surface area contributed by atoms with Crippen LogP contribution in [0.4, 0.5) is 13.2 Å². The third kappa shape index (κ3) is 3.60. The third-order valence-corrected chi connectivity index (χ3v) is 2.40. The second-order valence-corrected chi connectivity index (χ2v) is 3.81. The van der Waals surface area contributed by atoms with Gasteiger partial charge in [0, 0.05) is 32.1 Å². The highest BCUT2D eigenvalue weighted by Gasteiger charge is 2.22. The summed E-state index contributed by atoms with van der Waals surface area (Å²) in [7, 11) is 1.29. The van der Waals surface area contributed by atoms with E-state index in [4.69, 9.17) is 10.9 Å². The predicted molar refractivity (Wildman–Crippen MR) is 61.3 cm³/mol. The number of rotatable bonds is 4. The lowest BCUT2D eigenvalue weighted by Gasteiger charge is -2.17. The SMILES string of the molecule is CN(CCC(N)=NO)C(=O)c1c(F)cc(F)cc1F. The van der Waals surface area contributed by atoms with E-state index in [0.29, 0.717) is 12.1 Å². The lowest BCUT2D eigenvalue weighted by atomic mass is 10.1. The first kappa shape index (κ1) is 14.8. The fraction of sp³-hybridized carbons (Fsp3) is 0.273. The minimum Gasteiger partial charge on any atom is -0.409 e. The summed E-state index contributed by atoms with van der Waals surface area (Å²) in [5.41, 5.74) is 4.36. The fourth-order valence-corrected chi connectivity index (χ4v) is 1.37. The molecule has 0 unspecified atom stereocenters. The van der Waals surface area contributed by atoms with Crippen LogP contribution < -0.4 is 5.73 Å². The summed E-state index contributed by atoms with van der Waals surface area (Å²) in [6.07, 6.45) is 0.0309. The Labute approximate surface area is 107 Å². The van der Waals surface area contributed by atoms with Crippen LogP contribution in [0, 0.1) is 17.5 Å². The molecule has 0 heterocycles. The van der Waals surface area contributed by atoms with E-state index in [1.807, 2.05) is 0 Å². The Bertz CT molecular complexity index is 497. The summed E-state index contributed by atoms with van der Waals surface area (Å²) in [6, 6.07) is 0.849. The average molecular weight is 275 g/mol. The maximum absolute atomic E-state index is 13.4. The van der Waals surface area contributed by atoms with Crippen molar-refractivity contribution in [1.29, 1.82) is 0 Å². The second kappa shape index (κ2) is 6.07. The molecule has 8 heteroatoms. The van der Waals surface area contributed by atoms with Crippen molar-refractivity contribution in [3.8, 4) is 0 Å². The molecule has 0 aliphatic heterocycles. The van der Waals surface area contributed by atoms with Gasteiger partial charge in [-0.25, -0.2) is 13.2 Å². The molecule has 0 aromatic heterocycles. The molecule has 1 aromatic carbocycles. The molecule has 3 N–H and O–H groups in total. The van der Waals surface area contributed by atoms with E-state index in [1.54, 1.807) is 0 Å². The van der Waals surface area contributed by atoms with Crippen LogP contribution >= 0.6 is 0 Å². The Kier molecular flexibility index (Phi) is 4.74. The topological polar surface area (TPSA) is 78.9 Å². The first-order chi connectivity index (χ1) is 8.86. The number of carbonyl (C=O) groups is 1. The van der Waals surface area contributed by atoms with Crippen LogP contribution in [0.1, 0.15) is 16.8 Å². The maximum Gasteiger partial charge on any atom is 0.259 e. The van der Waals surface area contributed by atoms with Crippen LogP contribution in [0.15, 0.2) is 17.3 Å². The summed E-state index contributed by atoms with van der Waals surface area (Å²) in [4.78, 5) is 12.8. The maximum atomic E-state index is 13.4. The zero-order chi connectivity index (χ0) is 14.6. The molecule has 5 nitrogen and oxygen atoms in total. The summed E-state index contributed by atoms with van der Waals surface area (Å²) in [6.45, 7) is -0.00895. The number of nitrogens with two attached hydrogens (primary N) is 1. The number of hydrogen-bond donors (Lipinski definition) is 2. The molecule has 0 spiro atoms. The molecular weight excluding hydrogens is 263 g/mol. The molecule has 0 saturated carbocycles. The molecular formula is C11H12F3N3O2. The molecule has 104 valence electrons. The number of hydrogen-bond acceptors (Lipinski definition) is 3. The van der Waals surface area contributed by atoms with Gasteiger partial charge in [-0.05, 0) is 0 Å². The zero-order valence-corrected chi connectivity index (χ0v) is 10.0. The van der Waals surface area contributed by atoms with Crippen molar-refractivity contribution in [2.75, 3.05) is 13.6 Å². The van der Waals surface area contributed by atoms with Crippen LogP contribution in [0.2, 0.25) is 0 Å². The van der Waals surface area contributed by atoms with E-state index in [2.05, 4.69) is 5.16 Å². The van der Waals surface area contributed by atoms with Crippen LogP contribution in [0.5, 0.6) is 0 Å². The molecule has 1 amide bonds. The van der Waals surface area contributed by atoms with Gasteiger partial charge in [0.05, 0.1) is 0 Å². The van der Waals surface area contributed by atoms with Crippen LogP contribution in [-0.2, 0) is 0 Å². The predicted octanol–water partition coefficient (Wildman–Crippen LogP) is 1.31. The van der Waals surface area contributed by atoms with Crippen molar-refractivity contribution in [2.24, 2.45) is 10.9 Å². The zero-order valence-electron chi connectivity index (χ0n) is 10.0. The van der Waals surface area contributed by atoms with E-state index in [0.717, 1.165) is 4.90 Å². The van der Waals surface area contributed by atoms with Crippen molar-refractivity contribution in [1.82, 2.24) is 4.90 Å². The Morgan fingerprint density at radius 1 is 1.37 bits per heavy atom. The minimum atomic E-state index is -1.28. The van der Waals surface area contributed by atoms with Gasteiger partial charge in [-0.15, -0.1) is 0 Å². The van der Waals surface area contributed by atoms with Gasteiger partial charge in [-0.1, -0.05) is 5.16 Å². The molecule has 1 rings (SSSR count). The standard InChI is InChI=1S/C11H12F3N3O2/c1-17(3-2-9(15)16-19)11(18)10-7(13)4-6(12)5-8(10)14/h4-5,19H,2-3H2,1H3,(H2,15,16). The van der Waals surface area contributed by atoms with Crippen molar-refractivity contribution in [3.63, 3.8) is 0 Å². The number of benzene rings is 1. The van der Waals surface area contributed by atoms with Gasteiger partial charge < -0.3 is 15.8 Å². The normalized spacial score (nSPS) is 11.5. The quantitative estimate of drug-likeness (QED) is 0.376. The number of oxime groups is 1. The Hall–Kier alpha value is -2.25. The van der Waals surface area contributed by atoms with Gasteiger partial charge in [-0.2, -0.15) is 0 Å². The summed E-state index contributed by atoms with van der Waals surface area (Å²) in [5, 5.41) is 11.0. The van der Waals surface area contributed by atoms with E-state index in [-0.39, 0.29) is 18.8 Å². The number of nitrogens with zero attached hydrogens (tertiary/aromatic N) is 2. The van der Waals surface area contributed by atoms with Crippen molar-refractivity contribution in [2.45, 2.75) is 6.42 Å². The molecule has 0 saturated heterocycles. The molecule has 0 bridgehead atoms. The molecule has 0 aliphatic carbocycles.